The minimum atomic E-state index is 0.363. The Morgan fingerprint density at radius 1 is 1.00 bits per heavy atom. The third kappa shape index (κ3) is 3.38. The minimum Gasteiger partial charge on any atom is -0.383 e. The number of benzene rings is 1. The average molecular weight is 427 g/mol. The molecular formula is C21H17N9S. The van der Waals surface area contributed by atoms with Gasteiger partial charge in [-0.1, -0.05) is 12.1 Å². The molecule has 5 N–H and O–H groups in total. The van der Waals surface area contributed by atoms with Crippen LogP contribution < -0.4 is 16.8 Å². The summed E-state index contributed by atoms with van der Waals surface area (Å²) in [5.74, 6) is 2.12. The van der Waals surface area contributed by atoms with Gasteiger partial charge in [0.25, 0.3) is 0 Å². The van der Waals surface area contributed by atoms with Gasteiger partial charge in [-0.25, -0.2) is 29.9 Å². The molecule has 0 unspecified atom stereocenters. The van der Waals surface area contributed by atoms with E-state index in [1.165, 1.54) is 24.0 Å². The number of hydrogen-bond acceptors (Lipinski definition) is 9. The lowest BCUT2D eigenvalue weighted by atomic mass is 10.1. The lowest BCUT2D eigenvalue weighted by Crippen LogP contribution is -2.12. The van der Waals surface area contributed by atoms with Gasteiger partial charge in [-0.2, -0.15) is 0 Å². The molecule has 0 saturated heterocycles. The number of aliphatic imine (C=N–C) groups is 1. The summed E-state index contributed by atoms with van der Waals surface area (Å²) in [5, 5.41) is 6.96. The number of nitrogen functional groups attached to an aromatic ring is 1. The van der Waals surface area contributed by atoms with E-state index < -0.39 is 0 Å². The summed E-state index contributed by atoms with van der Waals surface area (Å²) in [7, 11) is 0. The maximum atomic E-state index is 6.42. The minimum absolute atomic E-state index is 0.363. The SMILES string of the molecule is Cc1ccc2c(Nc3ccncn3)nccc2c1N=C(N)c1csc2c(N)ncnc12. The average Bonchev–Trinajstić information content (AvgIpc) is 3.22. The maximum Gasteiger partial charge on any atom is 0.144 e. The van der Waals surface area contributed by atoms with E-state index >= 15 is 0 Å². The van der Waals surface area contributed by atoms with E-state index in [9.17, 15) is 0 Å². The molecule has 5 aromatic rings. The third-order valence-electron chi connectivity index (χ3n) is 4.84. The van der Waals surface area contributed by atoms with Crippen molar-refractivity contribution >= 4 is 61.3 Å². The standard InChI is InChI=1S/C21H17N9S/c1-11-2-3-13-12(4-7-25-21(13)29-15-5-6-24-9-26-15)16(11)30-19(22)14-8-31-18-17(14)27-10-28-20(18)23/h2-10H,1H3,(H2,22,30)(H2,23,27,28)(H,24,25,26,29). The lowest BCUT2D eigenvalue weighted by molar-refractivity contribution is 1.16. The molecule has 4 heterocycles. The molecule has 0 aliphatic rings. The molecule has 0 amide bonds. The smallest absolute Gasteiger partial charge is 0.144 e. The summed E-state index contributed by atoms with van der Waals surface area (Å²) in [6.45, 7) is 2.00. The Morgan fingerprint density at radius 2 is 1.90 bits per heavy atom. The molecule has 9 nitrogen and oxygen atoms in total. The molecule has 0 spiro atoms. The highest BCUT2D eigenvalue weighted by Gasteiger charge is 2.14. The van der Waals surface area contributed by atoms with E-state index in [1.807, 2.05) is 30.5 Å². The third-order valence-corrected chi connectivity index (χ3v) is 5.83. The number of hydrogen-bond donors (Lipinski definition) is 3. The first-order valence-corrected chi connectivity index (χ1v) is 10.2. The van der Waals surface area contributed by atoms with Crippen molar-refractivity contribution in [3.8, 4) is 0 Å². The van der Waals surface area contributed by atoms with Crippen molar-refractivity contribution in [2.24, 2.45) is 10.7 Å². The van der Waals surface area contributed by atoms with Gasteiger partial charge in [0.1, 0.15) is 35.9 Å². The van der Waals surface area contributed by atoms with Gasteiger partial charge < -0.3 is 16.8 Å². The number of nitrogens with zero attached hydrogens (tertiary/aromatic N) is 6. The number of aryl methyl sites for hydroxylation is 1. The first-order chi connectivity index (χ1) is 15.1. The van der Waals surface area contributed by atoms with E-state index in [0.29, 0.717) is 28.8 Å². The summed E-state index contributed by atoms with van der Waals surface area (Å²) in [5.41, 5.74) is 15.6. The number of fused-ring (bicyclic) bond motifs is 2. The van der Waals surface area contributed by atoms with E-state index in [-0.39, 0.29) is 0 Å². The van der Waals surface area contributed by atoms with Crippen LogP contribution in [0.4, 0.5) is 23.1 Å². The molecule has 152 valence electrons. The summed E-state index contributed by atoms with van der Waals surface area (Å²) in [4.78, 5) is 25.8. The van der Waals surface area contributed by atoms with Crippen LogP contribution in [0.15, 0.2) is 59.7 Å². The molecule has 0 fully saturated rings. The second kappa shape index (κ2) is 7.58. The Balaban J connectivity index is 1.63. The van der Waals surface area contributed by atoms with Crippen molar-refractivity contribution in [1.82, 2.24) is 24.9 Å². The lowest BCUT2D eigenvalue weighted by Gasteiger charge is -2.11. The first-order valence-electron chi connectivity index (χ1n) is 9.35. The fourth-order valence-corrected chi connectivity index (χ4v) is 4.23. The van der Waals surface area contributed by atoms with E-state index in [2.05, 4.69) is 30.2 Å². The van der Waals surface area contributed by atoms with Crippen LogP contribution >= 0.6 is 11.3 Å². The van der Waals surface area contributed by atoms with Crippen LogP contribution in [0, 0.1) is 6.92 Å². The molecule has 4 aromatic heterocycles. The summed E-state index contributed by atoms with van der Waals surface area (Å²) < 4.78 is 0.797. The molecule has 31 heavy (non-hydrogen) atoms. The van der Waals surface area contributed by atoms with Crippen LogP contribution in [0.2, 0.25) is 0 Å². The summed E-state index contributed by atoms with van der Waals surface area (Å²) in [6.07, 6.45) is 6.31. The largest absolute Gasteiger partial charge is 0.383 e. The molecule has 0 saturated carbocycles. The zero-order chi connectivity index (χ0) is 21.4. The predicted octanol–water partition coefficient (Wildman–Crippen LogP) is 3.70. The van der Waals surface area contributed by atoms with Crippen LogP contribution in [0.1, 0.15) is 11.1 Å². The number of nitrogens with one attached hydrogen (secondary N) is 1. The van der Waals surface area contributed by atoms with Gasteiger partial charge in [-0.15, -0.1) is 11.3 Å². The molecule has 0 bridgehead atoms. The Morgan fingerprint density at radius 3 is 2.74 bits per heavy atom. The van der Waals surface area contributed by atoms with Crippen molar-refractivity contribution in [3.63, 3.8) is 0 Å². The second-order valence-electron chi connectivity index (χ2n) is 6.79. The van der Waals surface area contributed by atoms with Gasteiger partial charge in [0.05, 0.1) is 21.5 Å². The van der Waals surface area contributed by atoms with E-state index in [1.54, 1.807) is 18.5 Å². The molecule has 0 aliphatic heterocycles. The van der Waals surface area contributed by atoms with Gasteiger partial charge in [-0.3, -0.25) is 0 Å². The maximum absolute atomic E-state index is 6.42. The zero-order valence-corrected chi connectivity index (χ0v) is 17.3. The number of anilines is 3. The van der Waals surface area contributed by atoms with Crippen molar-refractivity contribution in [2.45, 2.75) is 6.92 Å². The Bertz CT molecular complexity index is 1440. The predicted molar refractivity (Wildman–Crippen MR) is 124 cm³/mol. The molecule has 0 atom stereocenters. The van der Waals surface area contributed by atoms with Crippen LogP contribution in [0.25, 0.3) is 21.0 Å². The van der Waals surface area contributed by atoms with Crippen molar-refractivity contribution in [2.75, 3.05) is 11.1 Å². The first kappa shape index (κ1) is 18.8. The van der Waals surface area contributed by atoms with E-state index in [0.717, 1.165) is 32.3 Å². The normalized spacial score (nSPS) is 11.8. The quantitative estimate of drug-likeness (QED) is 0.291. The molecule has 0 radical (unpaired) electrons. The number of thiophene rings is 1. The van der Waals surface area contributed by atoms with E-state index in [4.69, 9.17) is 16.5 Å². The highest BCUT2D eigenvalue weighted by molar-refractivity contribution is 7.18. The van der Waals surface area contributed by atoms with Gasteiger partial charge in [0.15, 0.2) is 0 Å². The molecule has 10 heteroatoms. The Hall–Kier alpha value is -4.18. The van der Waals surface area contributed by atoms with Crippen LogP contribution in [0.5, 0.6) is 0 Å². The number of pyridine rings is 1. The molecule has 0 aliphatic carbocycles. The Kier molecular flexibility index (Phi) is 4.60. The zero-order valence-electron chi connectivity index (χ0n) is 16.4. The number of nitrogens with two attached hydrogens (primary N) is 2. The van der Waals surface area contributed by atoms with Crippen LogP contribution in [0.3, 0.4) is 0 Å². The molecule has 5 rings (SSSR count). The van der Waals surface area contributed by atoms with Crippen LogP contribution in [-0.2, 0) is 0 Å². The van der Waals surface area contributed by atoms with Crippen molar-refractivity contribution in [1.29, 1.82) is 0 Å². The molecule has 1 aromatic carbocycles. The number of aromatic nitrogens is 5. The highest BCUT2D eigenvalue weighted by Crippen LogP contribution is 2.35. The topological polar surface area (TPSA) is 141 Å². The summed E-state index contributed by atoms with van der Waals surface area (Å²) >= 11 is 1.45. The fourth-order valence-electron chi connectivity index (χ4n) is 3.31. The summed E-state index contributed by atoms with van der Waals surface area (Å²) in [6, 6.07) is 7.70. The van der Waals surface area contributed by atoms with Gasteiger partial charge >= 0.3 is 0 Å². The fraction of sp³-hybridized carbons (Fsp3) is 0.0476. The molecular weight excluding hydrogens is 410 g/mol. The Labute approximate surface area is 181 Å². The second-order valence-corrected chi connectivity index (χ2v) is 7.67. The number of rotatable bonds is 4. The van der Waals surface area contributed by atoms with Crippen molar-refractivity contribution in [3.05, 3.63) is 65.8 Å². The van der Waals surface area contributed by atoms with Crippen molar-refractivity contribution < 1.29 is 0 Å². The van der Waals surface area contributed by atoms with Crippen LogP contribution in [-0.4, -0.2) is 30.8 Å². The number of amidine groups is 1. The van der Waals surface area contributed by atoms with Gasteiger partial charge in [0.2, 0.25) is 0 Å². The monoisotopic (exact) mass is 427 g/mol. The van der Waals surface area contributed by atoms with Gasteiger partial charge in [-0.05, 0) is 24.6 Å². The highest BCUT2D eigenvalue weighted by atomic mass is 32.1. The van der Waals surface area contributed by atoms with Gasteiger partial charge in [0, 0.05) is 28.5 Å².